The summed E-state index contributed by atoms with van der Waals surface area (Å²) in [5.74, 6) is -0.861. The summed E-state index contributed by atoms with van der Waals surface area (Å²) in [5.41, 5.74) is 5.46. The van der Waals surface area contributed by atoms with Crippen LogP contribution in [0, 0.1) is 0 Å². The zero-order chi connectivity index (χ0) is 26.0. The van der Waals surface area contributed by atoms with Gasteiger partial charge in [-0.3, -0.25) is 9.36 Å². The van der Waals surface area contributed by atoms with E-state index in [0.717, 1.165) is 5.56 Å². The lowest BCUT2D eigenvalue weighted by Gasteiger charge is -2.36. The predicted octanol–water partition coefficient (Wildman–Crippen LogP) is 3.60. The molecule has 0 radical (unpaired) electrons. The van der Waals surface area contributed by atoms with Crippen LogP contribution in [0.3, 0.4) is 0 Å². The summed E-state index contributed by atoms with van der Waals surface area (Å²) < 4.78 is 21.8. The van der Waals surface area contributed by atoms with Crippen LogP contribution in [0.1, 0.15) is 40.2 Å². The van der Waals surface area contributed by atoms with E-state index in [1.807, 2.05) is 32.9 Å². The van der Waals surface area contributed by atoms with E-state index < -0.39 is 30.6 Å². The molecule has 2 atom stereocenters. The van der Waals surface area contributed by atoms with E-state index in [-0.39, 0.29) is 12.2 Å². The number of nitrogens with two attached hydrogens (primary N) is 1. The summed E-state index contributed by atoms with van der Waals surface area (Å²) in [6, 6.07) is 7.13. The van der Waals surface area contributed by atoms with Crippen LogP contribution in [0.15, 0.2) is 36.9 Å². The van der Waals surface area contributed by atoms with Crippen LogP contribution in [0.4, 0.5) is 5.82 Å². The minimum Gasteiger partial charge on any atom is -0.480 e. The molecule has 0 bridgehead atoms. The monoisotopic (exact) mass is 523 g/mol. The molecular weight excluding hydrogens is 493 g/mol. The molecule has 0 saturated heterocycles. The number of nitrogens with one attached hydrogen (secondary N) is 2. The molecule has 0 aliphatic rings. The minimum absolute atomic E-state index is 0.258. The average Bonchev–Trinajstić information content (AvgIpc) is 3.16. The van der Waals surface area contributed by atoms with Gasteiger partial charge in [0, 0.05) is 10.6 Å². The van der Waals surface area contributed by atoms with E-state index in [4.69, 9.17) is 22.1 Å². The Morgan fingerprint density at radius 2 is 1.86 bits per heavy atom. The fraction of sp³-hybridized carbons (Fsp3) is 0.455. The summed E-state index contributed by atoms with van der Waals surface area (Å²) >= 11 is 6.01. The Kier molecular flexibility index (Phi) is 7.88. The molecule has 2 heterocycles. The van der Waals surface area contributed by atoms with Gasteiger partial charge in [-0.15, -0.1) is 0 Å². The van der Waals surface area contributed by atoms with Crippen molar-refractivity contribution in [1.82, 2.24) is 29.7 Å². The van der Waals surface area contributed by atoms with Gasteiger partial charge < -0.3 is 20.1 Å². The molecular formula is C22H31ClN7O4P. The smallest absolute Gasteiger partial charge is 0.323 e. The number of imidazole rings is 1. The van der Waals surface area contributed by atoms with Gasteiger partial charge in [-0.25, -0.2) is 25.1 Å². The number of nitrogens with zero attached hydrogens (tertiary/aromatic N) is 4. The number of nitrogen functional groups attached to an aromatic ring is 1. The zero-order valence-electron chi connectivity index (χ0n) is 20.3. The van der Waals surface area contributed by atoms with Gasteiger partial charge >= 0.3 is 5.97 Å². The number of hydrogen-bond acceptors (Lipinski definition) is 7. The van der Waals surface area contributed by atoms with Crippen molar-refractivity contribution in [1.29, 1.82) is 0 Å². The van der Waals surface area contributed by atoms with Gasteiger partial charge in [-0.2, -0.15) is 0 Å². The lowest BCUT2D eigenvalue weighted by molar-refractivity contribution is -0.142. The van der Waals surface area contributed by atoms with E-state index >= 15 is 0 Å². The average molecular weight is 524 g/mol. The zero-order valence-corrected chi connectivity index (χ0v) is 22.0. The third-order valence-electron chi connectivity index (χ3n) is 5.44. The summed E-state index contributed by atoms with van der Waals surface area (Å²) in [5, 5.41) is 16.1. The first-order valence-electron chi connectivity index (χ1n) is 10.9. The summed E-state index contributed by atoms with van der Waals surface area (Å²) in [7, 11) is -3.60. The first-order valence-corrected chi connectivity index (χ1v) is 13.2. The van der Waals surface area contributed by atoms with Crippen molar-refractivity contribution in [2.24, 2.45) is 0 Å². The normalized spacial score (nSPS) is 15.1. The van der Waals surface area contributed by atoms with E-state index in [0.29, 0.717) is 22.7 Å². The number of rotatable bonds is 11. The SMILES string of the molecule is CC(Cn1cnc2c(N)ncnc21)OCP(=O)(NC(C)(C)C(=O)O)NC(C)(C)c1ccc(Cl)cc1. The van der Waals surface area contributed by atoms with Gasteiger partial charge in [0.1, 0.15) is 23.7 Å². The molecule has 5 N–H and O–H groups in total. The molecule has 1 aromatic carbocycles. The minimum atomic E-state index is -3.60. The molecule has 0 fully saturated rings. The third-order valence-corrected chi connectivity index (χ3v) is 8.05. The van der Waals surface area contributed by atoms with Gasteiger partial charge in [-0.05, 0) is 52.3 Å². The highest BCUT2D eigenvalue weighted by atomic mass is 35.5. The first-order chi connectivity index (χ1) is 16.2. The fourth-order valence-corrected chi connectivity index (χ4v) is 6.37. The van der Waals surface area contributed by atoms with Crippen molar-refractivity contribution in [2.75, 3.05) is 12.1 Å². The highest BCUT2D eigenvalue weighted by Gasteiger charge is 2.40. The van der Waals surface area contributed by atoms with Crippen LogP contribution in [-0.4, -0.2) is 48.6 Å². The number of aliphatic carboxylic acids is 1. The van der Waals surface area contributed by atoms with Gasteiger partial charge in [0.2, 0.25) is 7.44 Å². The van der Waals surface area contributed by atoms with Crippen molar-refractivity contribution in [3.8, 4) is 0 Å². The Hall–Kier alpha value is -2.56. The van der Waals surface area contributed by atoms with Crippen molar-refractivity contribution < 1.29 is 19.2 Å². The Morgan fingerprint density at radius 3 is 2.49 bits per heavy atom. The molecule has 0 aliphatic carbocycles. The highest BCUT2D eigenvalue weighted by molar-refractivity contribution is 7.59. The van der Waals surface area contributed by atoms with Gasteiger partial charge in [0.05, 0.1) is 19.0 Å². The van der Waals surface area contributed by atoms with Crippen molar-refractivity contribution in [3.63, 3.8) is 0 Å². The lowest BCUT2D eigenvalue weighted by Crippen LogP contribution is -2.50. The number of halogens is 1. The molecule has 11 nitrogen and oxygen atoms in total. The molecule has 0 saturated carbocycles. The number of carboxylic acid groups (broad SMARTS) is 1. The number of aromatic nitrogens is 4. The Morgan fingerprint density at radius 1 is 1.20 bits per heavy atom. The Bertz CT molecular complexity index is 1250. The maximum absolute atomic E-state index is 14.1. The Labute approximate surface area is 208 Å². The largest absolute Gasteiger partial charge is 0.480 e. The third kappa shape index (κ3) is 6.56. The summed E-state index contributed by atoms with van der Waals surface area (Å²) in [6.45, 7) is 8.77. The van der Waals surface area contributed by atoms with Crippen molar-refractivity contribution in [2.45, 2.75) is 58.3 Å². The Balaban J connectivity index is 1.79. The predicted molar refractivity (Wildman–Crippen MR) is 135 cm³/mol. The van der Waals surface area contributed by atoms with Crippen LogP contribution >= 0.6 is 19.0 Å². The van der Waals surface area contributed by atoms with Crippen LogP contribution in [-0.2, 0) is 26.2 Å². The summed E-state index contributed by atoms with van der Waals surface area (Å²) in [4.78, 5) is 24.2. The second-order valence-electron chi connectivity index (χ2n) is 9.46. The molecule has 0 aliphatic heterocycles. The molecule has 35 heavy (non-hydrogen) atoms. The second kappa shape index (κ2) is 10.2. The number of carboxylic acids is 1. The van der Waals surface area contributed by atoms with Crippen LogP contribution < -0.4 is 15.9 Å². The number of carbonyl (C=O) groups is 1. The molecule has 0 amide bonds. The molecule has 2 unspecified atom stereocenters. The van der Waals surface area contributed by atoms with E-state index in [2.05, 4.69) is 25.1 Å². The molecule has 13 heteroatoms. The molecule has 0 spiro atoms. The van der Waals surface area contributed by atoms with E-state index in [1.54, 1.807) is 23.0 Å². The van der Waals surface area contributed by atoms with Gasteiger partial charge in [0.15, 0.2) is 11.5 Å². The molecule has 190 valence electrons. The number of fused-ring (bicyclic) bond motifs is 1. The van der Waals surface area contributed by atoms with E-state index in [9.17, 15) is 14.5 Å². The van der Waals surface area contributed by atoms with Crippen LogP contribution in [0.2, 0.25) is 5.02 Å². The maximum Gasteiger partial charge on any atom is 0.323 e. The van der Waals surface area contributed by atoms with Gasteiger partial charge in [-0.1, -0.05) is 23.7 Å². The maximum atomic E-state index is 14.1. The lowest BCUT2D eigenvalue weighted by atomic mass is 9.96. The van der Waals surface area contributed by atoms with E-state index in [1.165, 1.54) is 20.2 Å². The van der Waals surface area contributed by atoms with Crippen LogP contribution in [0.5, 0.6) is 0 Å². The molecule has 3 aromatic rings. The van der Waals surface area contributed by atoms with Gasteiger partial charge in [0.25, 0.3) is 0 Å². The second-order valence-corrected chi connectivity index (χ2v) is 12.1. The molecule has 3 rings (SSSR count). The van der Waals surface area contributed by atoms with Crippen molar-refractivity contribution >= 4 is 42.0 Å². The number of ether oxygens (including phenoxy) is 1. The first kappa shape index (κ1) is 27.0. The molecule has 2 aromatic heterocycles. The number of benzene rings is 1. The number of hydrogen-bond donors (Lipinski definition) is 4. The number of anilines is 1. The summed E-state index contributed by atoms with van der Waals surface area (Å²) in [6.07, 6.45) is 2.28. The van der Waals surface area contributed by atoms with Crippen molar-refractivity contribution in [3.05, 3.63) is 47.5 Å². The fourth-order valence-electron chi connectivity index (χ4n) is 3.57. The highest BCUT2D eigenvalue weighted by Crippen LogP contribution is 2.44. The standard InChI is InChI=1S/C22H31ClN7O4P/c1-14(10-30-12-27-17-18(24)25-11-26-19(17)30)34-13-35(33,29-22(4,5)20(31)32)28-21(2,3)15-6-8-16(23)9-7-15/h6-9,11-12,14H,10,13H2,1-5H3,(H,31,32)(H2,24,25,26)(H2,28,29,33). The van der Waals surface area contributed by atoms with Crippen LogP contribution in [0.25, 0.3) is 11.2 Å². The quantitative estimate of drug-likeness (QED) is 0.274. The topological polar surface area (TPSA) is 157 Å².